The highest BCUT2D eigenvalue weighted by atomic mass is 16.5. The molecule has 2 aromatic rings. The van der Waals surface area contributed by atoms with Crippen LogP contribution in [-0.4, -0.2) is 11.9 Å². The Morgan fingerprint density at radius 1 is 0.793 bits per heavy atom. The van der Waals surface area contributed by atoms with Crippen molar-refractivity contribution in [3.8, 4) is 11.5 Å². The largest absolute Gasteiger partial charge is 0.423 e. The predicted octanol–water partition coefficient (Wildman–Crippen LogP) is 5.20. The topological polar surface area (TPSA) is 52.6 Å². The summed E-state index contributed by atoms with van der Waals surface area (Å²) in [6, 6.07) is 7.93. The van der Waals surface area contributed by atoms with Gasteiger partial charge in [0.1, 0.15) is 11.5 Å². The molecule has 2 aromatic carbocycles. The van der Waals surface area contributed by atoms with Crippen molar-refractivity contribution in [2.75, 3.05) is 0 Å². The molecule has 0 radical (unpaired) electrons. The minimum atomic E-state index is -0.497. The number of benzene rings is 2. The number of carbonyl (C=O) groups excluding carboxylic acids is 2. The predicted molar refractivity (Wildman–Crippen MR) is 116 cm³/mol. The third-order valence-electron chi connectivity index (χ3n) is 4.98. The standard InChI is InChI=1S/C25H28O4/c1-7-20-16(5)11-13-18(24(20)28-22(26)9-3)15-19-14-12-17(6)21(8-2)25(19)29-23(27)10-4/h9-14H,3-4,7-8,15H2,1-2,5-6H3. The van der Waals surface area contributed by atoms with Crippen molar-refractivity contribution in [1.82, 2.24) is 0 Å². The molecule has 0 spiro atoms. The maximum Gasteiger partial charge on any atom is 0.335 e. The van der Waals surface area contributed by atoms with E-state index in [-0.39, 0.29) is 0 Å². The maximum atomic E-state index is 11.9. The molecule has 2 rings (SSSR count). The quantitative estimate of drug-likeness (QED) is 0.352. The molecule has 0 amide bonds. The van der Waals surface area contributed by atoms with Crippen LogP contribution in [0.1, 0.15) is 47.2 Å². The molecule has 0 aliphatic rings. The first-order chi connectivity index (χ1) is 13.9. The van der Waals surface area contributed by atoms with Crippen LogP contribution in [0.3, 0.4) is 0 Å². The van der Waals surface area contributed by atoms with Crippen LogP contribution in [0.25, 0.3) is 0 Å². The van der Waals surface area contributed by atoms with Gasteiger partial charge in [-0.3, -0.25) is 0 Å². The first-order valence-corrected chi connectivity index (χ1v) is 9.77. The van der Waals surface area contributed by atoms with E-state index in [0.29, 0.717) is 17.9 Å². The zero-order valence-electron chi connectivity index (χ0n) is 17.6. The number of hydrogen-bond acceptors (Lipinski definition) is 4. The van der Waals surface area contributed by atoms with Crippen LogP contribution in [0.15, 0.2) is 49.6 Å². The molecule has 0 saturated carbocycles. The SMILES string of the molecule is C=CC(=O)Oc1c(Cc2ccc(C)c(CC)c2OC(=O)C=C)ccc(C)c1CC. The van der Waals surface area contributed by atoms with Crippen molar-refractivity contribution in [1.29, 1.82) is 0 Å². The summed E-state index contributed by atoms with van der Waals surface area (Å²) < 4.78 is 11.2. The van der Waals surface area contributed by atoms with Crippen LogP contribution < -0.4 is 9.47 Å². The van der Waals surface area contributed by atoms with Gasteiger partial charge in [0.25, 0.3) is 0 Å². The zero-order valence-corrected chi connectivity index (χ0v) is 17.6. The summed E-state index contributed by atoms with van der Waals surface area (Å²) in [5.41, 5.74) is 5.77. The number of carbonyl (C=O) groups is 2. The van der Waals surface area contributed by atoms with Gasteiger partial charge in [0.2, 0.25) is 0 Å². The maximum absolute atomic E-state index is 11.9. The van der Waals surface area contributed by atoms with E-state index >= 15 is 0 Å². The average molecular weight is 392 g/mol. The summed E-state index contributed by atoms with van der Waals surface area (Å²) in [5, 5.41) is 0. The van der Waals surface area contributed by atoms with Crippen LogP contribution in [0.4, 0.5) is 0 Å². The number of ether oxygens (including phenoxy) is 2. The van der Waals surface area contributed by atoms with E-state index in [1.54, 1.807) is 0 Å². The Labute approximate surface area is 172 Å². The van der Waals surface area contributed by atoms with Gasteiger partial charge in [0, 0.05) is 18.6 Å². The van der Waals surface area contributed by atoms with Gasteiger partial charge in [-0.25, -0.2) is 9.59 Å². The monoisotopic (exact) mass is 392 g/mol. The number of esters is 2. The Kier molecular flexibility index (Phi) is 7.54. The number of rotatable bonds is 8. The molecule has 0 aromatic heterocycles. The summed E-state index contributed by atoms with van der Waals surface area (Å²) in [6.07, 6.45) is 4.23. The van der Waals surface area contributed by atoms with Gasteiger partial charge in [-0.05, 0) is 60.1 Å². The van der Waals surface area contributed by atoms with E-state index in [0.717, 1.165) is 58.4 Å². The highest BCUT2D eigenvalue weighted by Crippen LogP contribution is 2.35. The molecule has 4 nitrogen and oxygen atoms in total. The molecular formula is C25H28O4. The summed E-state index contributed by atoms with van der Waals surface area (Å²) in [6.45, 7) is 15.0. The minimum Gasteiger partial charge on any atom is -0.423 e. The van der Waals surface area contributed by atoms with Crippen LogP contribution in [0, 0.1) is 13.8 Å². The van der Waals surface area contributed by atoms with Gasteiger partial charge >= 0.3 is 11.9 Å². The second kappa shape index (κ2) is 9.87. The first-order valence-electron chi connectivity index (χ1n) is 9.77. The lowest BCUT2D eigenvalue weighted by molar-refractivity contribution is -0.129. The molecule has 0 atom stereocenters. The Hall–Kier alpha value is -3.14. The molecular weight excluding hydrogens is 364 g/mol. The Morgan fingerprint density at radius 3 is 1.48 bits per heavy atom. The molecule has 4 heteroatoms. The number of hydrogen-bond donors (Lipinski definition) is 0. The van der Waals surface area contributed by atoms with Gasteiger partial charge < -0.3 is 9.47 Å². The third-order valence-corrected chi connectivity index (χ3v) is 4.98. The lowest BCUT2D eigenvalue weighted by Crippen LogP contribution is -2.11. The molecule has 0 fully saturated rings. The van der Waals surface area contributed by atoms with E-state index < -0.39 is 11.9 Å². The summed E-state index contributed by atoms with van der Waals surface area (Å²) in [4.78, 5) is 23.9. The zero-order chi connectivity index (χ0) is 21.6. The van der Waals surface area contributed by atoms with E-state index in [2.05, 4.69) is 13.2 Å². The normalized spacial score (nSPS) is 10.3. The Balaban J connectivity index is 2.61. The highest BCUT2D eigenvalue weighted by molar-refractivity contribution is 5.84. The van der Waals surface area contributed by atoms with Gasteiger partial charge in [-0.15, -0.1) is 0 Å². The molecule has 0 bridgehead atoms. The molecule has 0 aliphatic carbocycles. The van der Waals surface area contributed by atoms with E-state index in [9.17, 15) is 9.59 Å². The second-order valence-electron chi connectivity index (χ2n) is 6.83. The summed E-state index contributed by atoms with van der Waals surface area (Å²) >= 11 is 0. The molecule has 0 saturated heterocycles. The average Bonchev–Trinajstić information content (AvgIpc) is 2.71. The highest BCUT2D eigenvalue weighted by Gasteiger charge is 2.19. The van der Waals surface area contributed by atoms with Crippen molar-refractivity contribution in [3.63, 3.8) is 0 Å². The van der Waals surface area contributed by atoms with Gasteiger partial charge in [-0.2, -0.15) is 0 Å². The van der Waals surface area contributed by atoms with Crippen molar-refractivity contribution < 1.29 is 19.1 Å². The van der Waals surface area contributed by atoms with Crippen molar-refractivity contribution >= 4 is 11.9 Å². The lowest BCUT2D eigenvalue weighted by atomic mass is 9.93. The van der Waals surface area contributed by atoms with E-state index in [1.165, 1.54) is 0 Å². The van der Waals surface area contributed by atoms with Gasteiger partial charge in [0.05, 0.1) is 0 Å². The van der Waals surface area contributed by atoms with Crippen molar-refractivity contribution in [2.24, 2.45) is 0 Å². The minimum absolute atomic E-state index is 0.458. The fraction of sp³-hybridized carbons (Fsp3) is 0.280. The van der Waals surface area contributed by atoms with Gasteiger partial charge in [0.15, 0.2) is 0 Å². The van der Waals surface area contributed by atoms with Crippen LogP contribution >= 0.6 is 0 Å². The molecule has 0 heterocycles. The fourth-order valence-corrected chi connectivity index (χ4v) is 3.45. The Morgan fingerprint density at radius 2 is 1.17 bits per heavy atom. The van der Waals surface area contributed by atoms with Crippen molar-refractivity contribution in [2.45, 2.75) is 47.0 Å². The molecule has 29 heavy (non-hydrogen) atoms. The second-order valence-corrected chi connectivity index (χ2v) is 6.83. The Bertz CT molecular complexity index is 876. The number of aryl methyl sites for hydroxylation is 2. The molecule has 0 aliphatic heterocycles. The molecule has 0 N–H and O–H groups in total. The van der Waals surface area contributed by atoms with Crippen LogP contribution in [0.5, 0.6) is 11.5 Å². The molecule has 0 unspecified atom stereocenters. The van der Waals surface area contributed by atoms with Gasteiger partial charge in [-0.1, -0.05) is 51.3 Å². The third kappa shape index (κ3) is 5.02. The van der Waals surface area contributed by atoms with Crippen LogP contribution in [0.2, 0.25) is 0 Å². The lowest BCUT2D eigenvalue weighted by Gasteiger charge is -2.19. The van der Waals surface area contributed by atoms with Crippen LogP contribution in [-0.2, 0) is 28.9 Å². The summed E-state index contributed by atoms with van der Waals surface area (Å²) in [7, 11) is 0. The van der Waals surface area contributed by atoms with E-state index in [1.807, 2.05) is 52.0 Å². The fourth-order valence-electron chi connectivity index (χ4n) is 3.45. The van der Waals surface area contributed by atoms with Crippen molar-refractivity contribution in [3.05, 3.63) is 83.0 Å². The molecule has 152 valence electrons. The van der Waals surface area contributed by atoms with E-state index in [4.69, 9.17) is 9.47 Å². The summed E-state index contributed by atoms with van der Waals surface area (Å²) in [5.74, 6) is 0.111. The first kappa shape index (κ1) is 22.2. The smallest absolute Gasteiger partial charge is 0.335 e.